The second-order valence-electron chi connectivity index (χ2n) is 2.36. The van der Waals surface area contributed by atoms with Crippen LogP contribution >= 0.6 is 11.3 Å². The molecule has 1 rings (SSSR count). The molecule has 0 aromatic carbocycles. The van der Waals surface area contributed by atoms with Crippen molar-refractivity contribution in [2.45, 2.75) is 0 Å². The molecule has 0 fully saturated rings. The SMILES string of the molecule is COC(=O)c1csc(NS(=O)(=O)CF)n1. The first-order valence-electron chi connectivity index (χ1n) is 3.59. The van der Waals surface area contributed by atoms with Gasteiger partial charge >= 0.3 is 5.97 Å². The van der Waals surface area contributed by atoms with Crippen LogP contribution in [0, 0.1) is 0 Å². The summed E-state index contributed by atoms with van der Waals surface area (Å²) in [7, 11) is -2.84. The monoisotopic (exact) mass is 254 g/mol. The Bertz CT molecular complexity index is 455. The van der Waals surface area contributed by atoms with E-state index >= 15 is 0 Å². The summed E-state index contributed by atoms with van der Waals surface area (Å²) in [6.45, 7) is 0. The van der Waals surface area contributed by atoms with Gasteiger partial charge in [0.1, 0.15) is 0 Å². The summed E-state index contributed by atoms with van der Waals surface area (Å²) >= 11 is 0.867. The van der Waals surface area contributed by atoms with Gasteiger partial charge in [-0.15, -0.1) is 11.3 Å². The number of carbonyl (C=O) groups is 1. The Hall–Kier alpha value is -1.22. The van der Waals surface area contributed by atoms with Crippen molar-refractivity contribution in [3.63, 3.8) is 0 Å². The minimum absolute atomic E-state index is 0.0286. The van der Waals surface area contributed by atoms with Crippen LogP contribution in [0.3, 0.4) is 0 Å². The van der Waals surface area contributed by atoms with Crippen LogP contribution in [0.4, 0.5) is 9.52 Å². The van der Waals surface area contributed by atoms with Gasteiger partial charge < -0.3 is 4.74 Å². The topological polar surface area (TPSA) is 85.4 Å². The summed E-state index contributed by atoms with van der Waals surface area (Å²) in [5, 5.41) is 1.23. The molecule has 0 amide bonds. The number of sulfonamides is 1. The van der Waals surface area contributed by atoms with Crippen LogP contribution in [0.25, 0.3) is 0 Å². The summed E-state index contributed by atoms with van der Waals surface area (Å²) < 4.78 is 39.7. The third-order valence-corrected chi connectivity index (χ3v) is 2.96. The molecule has 0 unspecified atom stereocenters. The van der Waals surface area contributed by atoms with Gasteiger partial charge in [-0.05, 0) is 0 Å². The normalized spacial score (nSPS) is 11.1. The van der Waals surface area contributed by atoms with E-state index in [4.69, 9.17) is 0 Å². The highest BCUT2D eigenvalue weighted by Crippen LogP contribution is 2.17. The zero-order valence-corrected chi connectivity index (χ0v) is 9.19. The molecule has 0 atom stereocenters. The fourth-order valence-electron chi connectivity index (χ4n) is 0.679. The van der Waals surface area contributed by atoms with Crippen LogP contribution < -0.4 is 4.72 Å². The van der Waals surface area contributed by atoms with Crippen LogP contribution in [0.5, 0.6) is 0 Å². The number of halogens is 1. The second kappa shape index (κ2) is 4.53. The molecule has 15 heavy (non-hydrogen) atoms. The smallest absolute Gasteiger partial charge is 0.357 e. The molecular weight excluding hydrogens is 247 g/mol. The molecule has 1 N–H and O–H groups in total. The Morgan fingerprint density at radius 2 is 2.40 bits per heavy atom. The highest BCUT2D eigenvalue weighted by atomic mass is 32.2. The molecule has 9 heteroatoms. The fourth-order valence-corrected chi connectivity index (χ4v) is 2.14. The number of nitrogens with zero attached hydrogens (tertiary/aromatic N) is 1. The summed E-state index contributed by atoms with van der Waals surface area (Å²) in [6.07, 6.45) is 0. The first-order chi connectivity index (χ1) is 6.98. The van der Waals surface area contributed by atoms with Gasteiger partial charge in [-0.25, -0.2) is 22.6 Å². The molecule has 0 radical (unpaired) electrons. The van der Waals surface area contributed by atoms with Crippen molar-refractivity contribution in [1.29, 1.82) is 0 Å². The number of hydrogen-bond donors (Lipinski definition) is 1. The Morgan fingerprint density at radius 3 is 2.93 bits per heavy atom. The van der Waals surface area contributed by atoms with E-state index in [9.17, 15) is 17.6 Å². The average molecular weight is 254 g/mol. The lowest BCUT2D eigenvalue weighted by Crippen LogP contribution is -2.14. The number of hydrogen-bond acceptors (Lipinski definition) is 6. The number of rotatable bonds is 4. The fraction of sp³-hybridized carbons (Fsp3) is 0.333. The average Bonchev–Trinajstić information content (AvgIpc) is 2.64. The van der Waals surface area contributed by atoms with E-state index in [2.05, 4.69) is 9.72 Å². The maximum atomic E-state index is 11.9. The zero-order chi connectivity index (χ0) is 11.5. The quantitative estimate of drug-likeness (QED) is 0.795. The molecule has 0 saturated heterocycles. The minimum atomic E-state index is -4.01. The molecule has 0 aliphatic heterocycles. The first-order valence-corrected chi connectivity index (χ1v) is 6.12. The summed E-state index contributed by atoms with van der Waals surface area (Å²) in [5.41, 5.74) is -0.0286. The Morgan fingerprint density at radius 1 is 1.73 bits per heavy atom. The van der Waals surface area contributed by atoms with E-state index in [1.807, 2.05) is 4.72 Å². The first kappa shape index (κ1) is 11.9. The third-order valence-electron chi connectivity index (χ3n) is 1.29. The lowest BCUT2D eigenvalue weighted by atomic mass is 10.5. The van der Waals surface area contributed by atoms with Crippen LogP contribution in [-0.2, 0) is 14.8 Å². The van der Waals surface area contributed by atoms with E-state index in [1.165, 1.54) is 12.5 Å². The van der Waals surface area contributed by atoms with Gasteiger partial charge in [-0.1, -0.05) is 0 Å². The molecular formula is C6H7FN2O4S2. The predicted molar refractivity (Wildman–Crippen MR) is 52.0 cm³/mol. The lowest BCUT2D eigenvalue weighted by Gasteiger charge is -1.98. The highest BCUT2D eigenvalue weighted by Gasteiger charge is 2.15. The van der Waals surface area contributed by atoms with E-state index < -0.39 is 22.0 Å². The van der Waals surface area contributed by atoms with E-state index in [1.54, 1.807) is 0 Å². The number of carbonyl (C=O) groups excluding carboxylic acids is 1. The van der Waals surface area contributed by atoms with Crippen molar-refractivity contribution in [2.24, 2.45) is 0 Å². The zero-order valence-electron chi connectivity index (χ0n) is 7.56. The predicted octanol–water partition coefficient (Wildman–Crippen LogP) is 0.598. The number of anilines is 1. The molecule has 0 saturated carbocycles. The van der Waals surface area contributed by atoms with E-state index in [-0.39, 0.29) is 10.8 Å². The van der Waals surface area contributed by atoms with Crippen molar-refractivity contribution in [2.75, 3.05) is 17.8 Å². The maximum Gasteiger partial charge on any atom is 0.357 e. The molecule has 1 heterocycles. The van der Waals surface area contributed by atoms with Gasteiger partial charge in [0.05, 0.1) is 7.11 Å². The number of aromatic nitrogens is 1. The second-order valence-corrected chi connectivity index (χ2v) is 4.87. The molecule has 0 aliphatic carbocycles. The number of esters is 1. The number of alkyl halides is 1. The van der Waals surface area contributed by atoms with E-state index in [0.29, 0.717) is 0 Å². The number of nitrogens with one attached hydrogen (secondary N) is 1. The molecule has 0 bridgehead atoms. The van der Waals surface area contributed by atoms with Gasteiger partial charge in [-0.2, -0.15) is 0 Å². The Balaban J connectivity index is 2.82. The molecule has 0 aliphatic rings. The van der Waals surface area contributed by atoms with Gasteiger partial charge in [0.2, 0.25) is 6.01 Å². The van der Waals surface area contributed by atoms with Crippen molar-refractivity contribution in [3.8, 4) is 0 Å². The van der Waals surface area contributed by atoms with Crippen LogP contribution in [-0.4, -0.2) is 32.5 Å². The molecule has 0 spiro atoms. The lowest BCUT2D eigenvalue weighted by molar-refractivity contribution is 0.0595. The Kier molecular flexibility index (Phi) is 3.58. The molecule has 1 aromatic rings. The van der Waals surface area contributed by atoms with Crippen molar-refractivity contribution < 1.29 is 22.3 Å². The van der Waals surface area contributed by atoms with Gasteiger partial charge in [-0.3, -0.25) is 4.72 Å². The van der Waals surface area contributed by atoms with Crippen LogP contribution in [0.15, 0.2) is 5.38 Å². The third kappa shape index (κ3) is 3.13. The van der Waals surface area contributed by atoms with E-state index in [0.717, 1.165) is 11.3 Å². The van der Waals surface area contributed by atoms with Gasteiger partial charge in [0.25, 0.3) is 10.0 Å². The standard InChI is InChI=1S/C6H7FN2O4S2/c1-13-5(10)4-2-14-6(8-4)9-15(11,12)3-7/h2H,3H2,1H3,(H,8,9). The van der Waals surface area contributed by atoms with Crippen LogP contribution in [0.1, 0.15) is 10.5 Å². The molecule has 6 nitrogen and oxygen atoms in total. The summed E-state index contributed by atoms with van der Waals surface area (Å²) in [4.78, 5) is 14.5. The largest absolute Gasteiger partial charge is 0.464 e. The molecule has 84 valence electrons. The molecule has 1 aromatic heterocycles. The van der Waals surface area contributed by atoms with Crippen molar-refractivity contribution in [3.05, 3.63) is 11.1 Å². The maximum absolute atomic E-state index is 11.9. The Labute approximate surface area is 89.1 Å². The van der Waals surface area contributed by atoms with Gasteiger partial charge in [0.15, 0.2) is 10.8 Å². The summed E-state index contributed by atoms with van der Waals surface area (Å²) in [5.74, 6) is -0.683. The van der Waals surface area contributed by atoms with Crippen LogP contribution in [0.2, 0.25) is 0 Å². The number of methoxy groups -OCH3 is 1. The van der Waals surface area contributed by atoms with Crippen molar-refractivity contribution in [1.82, 2.24) is 4.98 Å². The number of thiazole rings is 1. The number of ether oxygens (including phenoxy) is 1. The minimum Gasteiger partial charge on any atom is -0.464 e. The van der Waals surface area contributed by atoms with Crippen molar-refractivity contribution >= 4 is 32.5 Å². The highest BCUT2D eigenvalue weighted by molar-refractivity contribution is 7.92. The summed E-state index contributed by atoms with van der Waals surface area (Å²) in [6, 6.07) is -1.54. The van der Waals surface area contributed by atoms with Gasteiger partial charge in [0, 0.05) is 5.38 Å².